The predicted octanol–water partition coefficient (Wildman–Crippen LogP) is 3.69. The minimum absolute atomic E-state index is 0.00879. The van der Waals surface area contributed by atoms with E-state index in [1.165, 1.54) is 45.9 Å². The van der Waals surface area contributed by atoms with Gasteiger partial charge in [0.1, 0.15) is 11.3 Å². The van der Waals surface area contributed by atoms with Gasteiger partial charge in [0.2, 0.25) is 5.91 Å². The molecule has 162 valence electrons. The number of ether oxygens (including phenoxy) is 1. The van der Waals surface area contributed by atoms with Crippen LogP contribution in [0.1, 0.15) is 43.2 Å². The molecule has 1 amide bonds. The van der Waals surface area contributed by atoms with E-state index >= 15 is 0 Å². The molecule has 0 radical (unpaired) electrons. The monoisotopic (exact) mass is 432 g/mol. The number of amides is 1. The highest BCUT2D eigenvalue weighted by molar-refractivity contribution is 6.32. The molecule has 3 heterocycles. The van der Waals surface area contributed by atoms with Gasteiger partial charge in [-0.2, -0.15) is 0 Å². The van der Waals surface area contributed by atoms with E-state index in [4.69, 9.17) is 20.8 Å². The molecule has 2 aromatic rings. The Kier molecular flexibility index (Phi) is 6.34. The highest BCUT2D eigenvalue weighted by atomic mass is 35.5. The number of hydrogen-bond donors (Lipinski definition) is 1. The van der Waals surface area contributed by atoms with E-state index in [-0.39, 0.29) is 12.3 Å². The minimum Gasteiger partial charge on any atom is -0.495 e. The smallest absolute Gasteiger partial charge is 0.340 e. The quantitative estimate of drug-likeness (QED) is 0.729. The Bertz CT molecular complexity index is 1000. The molecule has 0 unspecified atom stereocenters. The highest BCUT2D eigenvalue weighted by Crippen LogP contribution is 2.32. The molecule has 1 aromatic carbocycles. The Morgan fingerprint density at radius 1 is 1.27 bits per heavy atom. The van der Waals surface area contributed by atoms with Gasteiger partial charge >= 0.3 is 5.63 Å². The number of benzene rings is 1. The summed E-state index contributed by atoms with van der Waals surface area (Å²) in [6, 6.07) is 3.90. The molecule has 2 atom stereocenters. The molecule has 1 aromatic heterocycles. The molecule has 2 aliphatic heterocycles. The van der Waals surface area contributed by atoms with E-state index in [2.05, 4.69) is 10.2 Å². The Hall–Kier alpha value is -2.05. The number of methoxy groups -OCH3 is 1. The van der Waals surface area contributed by atoms with Crippen LogP contribution in [-0.4, -0.2) is 43.6 Å². The maximum absolute atomic E-state index is 12.7. The van der Waals surface area contributed by atoms with Crippen molar-refractivity contribution in [3.63, 3.8) is 0 Å². The number of nitrogens with one attached hydrogen (secondary N) is 1. The van der Waals surface area contributed by atoms with Gasteiger partial charge in [0.25, 0.3) is 0 Å². The molecule has 6 nitrogen and oxygen atoms in total. The third-order valence-corrected chi connectivity index (χ3v) is 6.98. The summed E-state index contributed by atoms with van der Waals surface area (Å²) in [7, 11) is 1.51. The fraction of sp³-hybridized carbons (Fsp3) is 0.565. The first-order valence-electron chi connectivity index (χ1n) is 10.8. The first-order valence-corrected chi connectivity index (χ1v) is 11.2. The fourth-order valence-corrected chi connectivity index (χ4v) is 5.27. The second-order valence-electron chi connectivity index (χ2n) is 8.46. The molecule has 1 N–H and O–H groups in total. The lowest BCUT2D eigenvalue weighted by Crippen LogP contribution is -2.51. The number of rotatable bonds is 5. The van der Waals surface area contributed by atoms with Crippen molar-refractivity contribution in [2.75, 3.05) is 26.7 Å². The van der Waals surface area contributed by atoms with Gasteiger partial charge in [-0.1, -0.05) is 18.0 Å². The zero-order valence-electron chi connectivity index (χ0n) is 17.6. The normalized spacial score (nSPS) is 22.0. The second-order valence-corrected chi connectivity index (χ2v) is 8.87. The van der Waals surface area contributed by atoms with Crippen LogP contribution in [0.25, 0.3) is 11.0 Å². The van der Waals surface area contributed by atoms with Crippen molar-refractivity contribution in [1.29, 1.82) is 0 Å². The lowest BCUT2D eigenvalue weighted by molar-refractivity contribution is -0.120. The Morgan fingerprint density at radius 2 is 2.07 bits per heavy atom. The Morgan fingerprint density at radius 3 is 2.87 bits per heavy atom. The van der Waals surface area contributed by atoms with Crippen LogP contribution in [0.2, 0.25) is 5.02 Å². The minimum atomic E-state index is -0.490. The third kappa shape index (κ3) is 4.21. The van der Waals surface area contributed by atoms with Crippen molar-refractivity contribution < 1.29 is 13.9 Å². The maximum Gasteiger partial charge on any atom is 0.340 e. The van der Waals surface area contributed by atoms with E-state index < -0.39 is 5.63 Å². The van der Waals surface area contributed by atoms with Crippen molar-refractivity contribution in [3.05, 3.63) is 38.7 Å². The summed E-state index contributed by atoms with van der Waals surface area (Å²) in [5, 5.41) is 4.23. The molecule has 0 saturated carbocycles. The standard InChI is InChI=1S/C23H29ClN2O4/c1-14-16-10-18(24)21(29-2)12-20(16)30-23(28)17(14)11-22(27)25-13-15-6-5-9-26-8-4-3-7-19(15)26/h10,12,15,19H,3-9,11,13H2,1-2H3,(H,25,27)/t15-,19-/m1/s1. The summed E-state index contributed by atoms with van der Waals surface area (Å²) in [6.45, 7) is 4.85. The molecule has 7 heteroatoms. The molecule has 2 saturated heterocycles. The van der Waals surface area contributed by atoms with Crippen molar-refractivity contribution in [3.8, 4) is 5.75 Å². The van der Waals surface area contributed by atoms with Gasteiger partial charge in [0.15, 0.2) is 0 Å². The van der Waals surface area contributed by atoms with Gasteiger partial charge in [-0.3, -0.25) is 4.79 Å². The predicted molar refractivity (Wildman–Crippen MR) is 117 cm³/mol. The van der Waals surface area contributed by atoms with Crippen molar-refractivity contribution >= 4 is 28.5 Å². The summed E-state index contributed by atoms with van der Waals surface area (Å²) in [6.07, 6.45) is 6.12. The lowest BCUT2D eigenvalue weighted by Gasteiger charge is -2.44. The number of hydrogen-bond acceptors (Lipinski definition) is 5. The molecule has 2 fully saturated rings. The molecule has 2 aliphatic rings. The average molecular weight is 433 g/mol. The zero-order valence-corrected chi connectivity index (χ0v) is 18.4. The van der Waals surface area contributed by atoms with E-state index in [1.807, 2.05) is 6.92 Å². The van der Waals surface area contributed by atoms with Crippen LogP contribution in [0.15, 0.2) is 21.3 Å². The van der Waals surface area contributed by atoms with Crippen LogP contribution in [0.4, 0.5) is 0 Å². The zero-order chi connectivity index (χ0) is 21.3. The summed E-state index contributed by atoms with van der Waals surface area (Å²) in [4.78, 5) is 27.8. The largest absolute Gasteiger partial charge is 0.495 e. The number of halogens is 1. The molecule has 0 spiro atoms. The van der Waals surface area contributed by atoms with E-state index in [0.29, 0.717) is 45.8 Å². The van der Waals surface area contributed by atoms with Gasteiger partial charge in [-0.05, 0) is 63.2 Å². The topological polar surface area (TPSA) is 71.8 Å². The van der Waals surface area contributed by atoms with Crippen LogP contribution in [0, 0.1) is 12.8 Å². The summed E-state index contributed by atoms with van der Waals surface area (Å²) in [5.74, 6) is 0.794. The van der Waals surface area contributed by atoms with Gasteiger partial charge in [-0.25, -0.2) is 4.79 Å². The molecular formula is C23H29ClN2O4. The van der Waals surface area contributed by atoms with Gasteiger partial charge in [0, 0.05) is 24.0 Å². The lowest BCUT2D eigenvalue weighted by atomic mass is 9.83. The number of aryl methyl sites for hydroxylation is 1. The van der Waals surface area contributed by atoms with Crippen LogP contribution in [0.5, 0.6) is 5.75 Å². The average Bonchev–Trinajstić information content (AvgIpc) is 2.75. The number of carbonyl (C=O) groups excluding carboxylic acids is 1. The van der Waals surface area contributed by atoms with Gasteiger partial charge < -0.3 is 19.4 Å². The number of fused-ring (bicyclic) bond motifs is 2. The molecule has 30 heavy (non-hydrogen) atoms. The highest BCUT2D eigenvalue weighted by Gasteiger charge is 2.33. The van der Waals surface area contributed by atoms with Crippen LogP contribution < -0.4 is 15.7 Å². The Balaban J connectivity index is 1.47. The van der Waals surface area contributed by atoms with Crippen molar-refractivity contribution in [2.45, 2.75) is 51.5 Å². The molecule has 0 bridgehead atoms. The van der Waals surface area contributed by atoms with E-state index in [9.17, 15) is 9.59 Å². The van der Waals surface area contributed by atoms with E-state index in [0.717, 1.165) is 12.0 Å². The second kappa shape index (κ2) is 8.98. The van der Waals surface area contributed by atoms with Crippen LogP contribution >= 0.6 is 11.6 Å². The Labute approximate surface area is 181 Å². The van der Waals surface area contributed by atoms with Gasteiger partial charge in [0.05, 0.1) is 24.1 Å². The number of piperidine rings is 2. The molecule has 0 aliphatic carbocycles. The summed E-state index contributed by atoms with van der Waals surface area (Å²) in [5.41, 5.74) is 1.01. The van der Waals surface area contributed by atoms with Crippen LogP contribution in [0.3, 0.4) is 0 Å². The van der Waals surface area contributed by atoms with Gasteiger partial charge in [-0.15, -0.1) is 0 Å². The first-order chi connectivity index (χ1) is 14.5. The maximum atomic E-state index is 12.7. The molecular weight excluding hydrogens is 404 g/mol. The SMILES string of the molecule is COc1cc2oc(=O)c(CC(=O)NC[C@H]3CCCN4CCCC[C@H]34)c(C)c2cc1Cl. The van der Waals surface area contributed by atoms with Crippen molar-refractivity contribution in [2.24, 2.45) is 5.92 Å². The third-order valence-electron chi connectivity index (χ3n) is 6.69. The summed E-state index contributed by atoms with van der Waals surface area (Å²) >= 11 is 6.24. The first kappa shape index (κ1) is 21.2. The van der Waals surface area contributed by atoms with Crippen LogP contribution in [-0.2, 0) is 11.2 Å². The summed E-state index contributed by atoms with van der Waals surface area (Å²) < 4.78 is 10.6. The molecule has 4 rings (SSSR count). The van der Waals surface area contributed by atoms with Crippen molar-refractivity contribution in [1.82, 2.24) is 10.2 Å². The fourth-order valence-electron chi connectivity index (χ4n) is 5.03. The number of carbonyl (C=O) groups is 1. The van der Waals surface area contributed by atoms with E-state index in [1.54, 1.807) is 12.1 Å². The number of nitrogens with zero attached hydrogens (tertiary/aromatic N) is 1.